The minimum Gasteiger partial charge on any atom is -0.389 e. The van der Waals surface area contributed by atoms with E-state index in [1.807, 2.05) is 13.8 Å². The monoisotopic (exact) mass is 244 g/mol. The number of rotatable bonds is 9. The second kappa shape index (κ2) is 7.31. The molecular weight excluding hydrogens is 216 g/mol. The largest absolute Gasteiger partial charge is 0.389 e. The van der Waals surface area contributed by atoms with Crippen LogP contribution in [0.4, 0.5) is 0 Å². The molecule has 1 aliphatic carbocycles. The molecule has 17 heavy (non-hydrogen) atoms. The number of likely N-dealkylation sites (N-methyl/N-ethyl adjacent to an activating group) is 1. The standard InChI is InChI=1S/C13H28N2O2/c1-10(2)17-9-13(16)8-14-7-11(3)15(4)12-5-6-12/h10-14,16H,5-9H2,1-4H3. The molecule has 0 heterocycles. The summed E-state index contributed by atoms with van der Waals surface area (Å²) in [6.07, 6.45) is 2.46. The van der Waals surface area contributed by atoms with Gasteiger partial charge in [-0.2, -0.15) is 0 Å². The highest BCUT2D eigenvalue weighted by atomic mass is 16.5. The van der Waals surface area contributed by atoms with E-state index in [1.54, 1.807) is 0 Å². The van der Waals surface area contributed by atoms with Gasteiger partial charge in [0, 0.05) is 25.2 Å². The van der Waals surface area contributed by atoms with Crippen molar-refractivity contribution in [3.8, 4) is 0 Å². The summed E-state index contributed by atoms with van der Waals surface area (Å²) in [7, 11) is 2.18. The van der Waals surface area contributed by atoms with Crippen LogP contribution in [0.1, 0.15) is 33.6 Å². The van der Waals surface area contributed by atoms with Gasteiger partial charge in [-0.15, -0.1) is 0 Å². The quantitative estimate of drug-likeness (QED) is 0.631. The first-order chi connectivity index (χ1) is 8.00. The molecule has 0 spiro atoms. The van der Waals surface area contributed by atoms with Gasteiger partial charge in [-0.25, -0.2) is 0 Å². The zero-order valence-corrected chi connectivity index (χ0v) is 11.6. The highest BCUT2D eigenvalue weighted by molar-refractivity contribution is 4.85. The molecule has 0 aromatic rings. The van der Waals surface area contributed by atoms with Gasteiger partial charge in [-0.1, -0.05) is 0 Å². The van der Waals surface area contributed by atoms with Gasteiger partial charge in [-0.3, -0.25) is 4.90 Å². The lowest BCUT2D eigenvalue weighted by Crippen LogP contribution is -2.42. The van der Waals surface area contributed by atoms with Crippen molar-refractivity contribution >= 4 is 0 Å². The first-order valence-corrected chi connectivity index (χ1v) is 6.73. The van der Waals surface area contributed by atoms with Crippen LogP contribution < -0.4 is 5.32 Å². The minimum absolute atomic E-state index is 0.185. The van der Waals surface area contributed by atoms with Gasteiger partial charge in [0.05, 0.1) is 18.8 Å². The maximum absolute atomic E-state index is 9.67. The highest BCUT2D eigenvalue weighted by Gasteiger charge is 2.28. The van der Waals surface area contributed by atoms with Crippen LogP contribution in [-0.4, -0.2) is 61.0 Å². The molecule has 4 nitrogen and oxygen atoms in total. The van der Waals surface area contributed by atoms with Crippen molar-refractivity contribution in [1.29, 1.82) is 0 Å². The molecule has 0 bridgehead atoms. The Morgan fingerprint density at radius 1 is 1.29 bits per heavy atom. The Bertz CT molecular complexity index is 208. The van der Waals surface area contributed by atoms with Gasteiger partial charge in [0.2, 0.25) is 0 Å². The molecule has 0 radical (unpaired) electrons. The topological polar surface area (TPSA) is 44.7 Å². The lowest BCUT2D eigenvalue weighted by atomic mass is 10.2. The molecule has 102 valence electrons. The second-order valence-electron chi connectivity index (χ2n) is 5.44. The summed E-state index contributed by atoms with van der Waals surface area (Å²) in [6, 6.07) is 1.32. The van der Waals surface area contributed by atoms with Gasteiger partial charge in [-0.05, 0) is 40.7 Å². The Labute approximate surface area is 105 Å². The van der Waals surface area contributed by atoms with E-state index in [0.717, 1.165) is 12.6 Å². The number of nitrogens with zero attached hydrogens (tertiary/aromatic N) is 1. The summed E-state index contributed by atoms with van der Waals surface area (Å²) >= 11 is 0. The Hall–Kier alpha value is -0.160. The van der Waals surface area contributed by atoms with Crippen molar-refractivity contribution in [2.75, 3.05) is 26.7 Å². The second-order valence-corrected chi connectivity index (χ2v) is 5.44. The lowest BCUT2D eigenvalue weighted by Gasteiger charge is -2.25. The molecule has 1 saturated carbocycles. The number of hydrogen-bond donors (Lipinski definition) is 2. The fourth-order valence-electron chi connectivity index (χ4n) is 1.81. The van der Waals surface area contributed by atoms with E-state index in [2.05, 4.69) is 24.2 Å². The molecule has 2 unspecified atom stereocenters. The summed E-state index contributed by atoms with van der Waals surface area (Å²) in [5, 5.41) is 13.0. The van der Waals surface area contributed by atoms with Crippen molar-refractivity contribution in [2.45, 2.75) is 57.9 Å². The number of nitrogens with one attached hydrogen (secondary N) is 1. The number of aliphatic hydroxyl groups excluding tert-OH is 1. The fraction of sp³-hybridized carbons (Fsp3) is 1.00. The van der Waals surface area contributed by atoms with Crippen LogP contribution in [0.5, 0.6) is 0 Å². The van der Waals surface area contributed by atoms with E-state index >= 15 is 0 Å². The van der Waals surface area contributed by atoms with E-state index in [4.69, 9.17) is 4.74 Å². The van der Waals surface area contributed by atoms with Crippen LogP contribution in [0.3, 0.4) is 0 Å². The van der Waals surface area contributed by atoms with Crippen LogP contribution >= 0.6 is 0 Å². The molecule has 0 aliphatic heterocycles. The van der Waals surface area contributed by atoms with Crippen molar-refractivity contribution < 1.29 is 9.84 Å². The van der Waals surface area contributed by atoms with Crippen LogP contribution in [0.2, 0.25) is 0 Å². The Kier molecular flexibility index (Phi) is 6.41. The zero-order valence-electron chi connectivity index (χ0n) is 11.6. The van der Waals surface area contributed by atoms with Gasteiger partial charge in [0.15, 0.2) is 0 Å². The number of ether oxygens (including phenoxy) is 1. The van der Waals surface area contributed by atoms with Crippen LogP contribution in [0, 0.1) is 0 Å². The van der Waals surface area contributed by atoms with E-state index < -0.39 is 6.10 Å². The first kappa shape index (κ1) is 14.9. The lowest BCUT2D eigenvalue weighted by molar-refractivity contribution is 0.00597. The van der Waals surface area contributed by atoms with Crippen LogP contribution in [0.25, 0.3) is 0 Å². The normalized spacial score (nSPS) is 19.9. The van der Waals surface area contributed by atoms with E-state index in [9.17, 15) is 5.11 Å². The molecule has 0 saturated heterocycles. The molecule has 0 amide bonds. The molecule has 2 atom stereocenters. The Morgan fingerprint density at radius 3 is 2.47 bits per heavy atom. The first-order valence-electron chi connectivity index (χ1n) is 6.73. The van der Waals surface area contributed by atoms with E-state index in [0.29, 0.717) is 19.2 Å². The number of aliphatic hydroxyl groups is 1. The fourth-order valence-corrected chi connectivity index (χ4v) is 1.81. The predicted octanol–water partition coefficient (Wildman–Crippen LogP) is 0.845. The third-order valence-corrected chi connectivity index (χ3v) is 3.26. The molecule has 1 rings (SSSR count). The van der Waals surface area contributed by atoms with Gasteiger partial charge < -0.3 is 15.2 Å². The zero-order chi connectivity index (χ0) is 12.8. The summed E-state index contributed by atoms with van der Waals surface area (Å²) < 4.78 is 5.36. The predicted molar refractivity (Wildman–Crippen MR) is 70.2 cm³/mol. The summed E-state index contributed by atoms with van der Waals surface area (Å²) in [4.78, 5) is 2.42. The molecule has 2 N–H and O–H groups in total. The highest BCUT2D eigenvalue weighted by Crippen LogP contribution is 2.26. The summed E-state index contributed by atoms with van der Waals surface area (Å²) in [5.74, 6) is 0. The summed E-state index contributed by atoms with van der Waals surface area (Å²) in [6.45, 7) is 8.13. The van der Waals surface area contributed by atoms with Gasteiger partial charge >= 0.3 is 0 Å². The molecule has 0 aromatic carbocycles. The minimum atomic E-state index is -0.407. The third-order valence-electron chi connectivity index (χ3n) is 3.26. The van der Waals surface area contributed by atoms with Crippen LogP contribution in [0.15, 0.2) is 0 Å². The van der Waals surface area contributed by atoms with Crippen molar-refractivity contribution in [3.05, 3.63) is 0 Å². The Balaban J connectivity index is 2.01. The molecule has 1 aliphatic rings. The molecule has 4 heteroatoms. The Morgan fingerprint density at radius 2 is 1.94 bits per heavy atom. The van der Waals surface area contributed by atoms with Crippen molar-refractivity contribution in [1.82, 2.24) is 10.2 Å². The van der Waals surface area contributed by atoms with Crippen LogP contribution in [-0.2, 0) is 4.74 Å². The number of hydrogen-bond acceptors (Lipinski definition) is 4. The maximum Gasteiger partial charge on any atom is 0.0897 e. The van der Waals surface area contributed by atoms with Gasteiger partial charge in [0.25, 0.3) is 0 Å². The van der Waals surface area contributed by atoms with Crippen molar-refractivity contribution in [2.24, 2.45) is 0 Å². The average Bonchev–Trinajstić information content (AvgIpc) is 3.08. The third kappa shape index (κ3) is 6.36. The molecule has 1 fully saturated rings. The summed E-state index contributed by atoms with van der Waals surface area (Å²) in [5.41, 5.74) is 0. The maximum atomic E-state index is 9.67. The molecule has 0 aromatic heterocycles. The van der Waals surface area contributed by atoms with E-state index in [1.165, 1.54) is 12.8 Å². The van der Waals surface area contributed by atoms with E-state index in [-0.39, 0.29) is 6.10 Å². The average molecular weight is 244 g/mol. The van der Waals surface area contributed by atoms with Crippen molar-refractivity contribution in [3.63, 3.8) is 0 Å². The van der Waals surface area contributed by atoms with Gasteiger partial charge in [0.1, 0.15) is 0 Å². The molecular formula is C13H28N2O2. The SMILES string of the molecule is CC(C)OCC(O)CNCC(C)N(C)C1CC1. The smallest absolute Gasteiger partial charge is 0.0897 e.